The predicted molar refractivity (Wildman–Crippen MR) is 64.6 cm³/mol. The van der Waals surface area contributed by atoms with Crippen molar-refractivity contribution in [3.8, 4) is 0 Å². The van der Waals surface area contributed by atoms with E-state index in [0.29, 0.717) is 19.5 Å². The average Bonchev–Trinajstić information content (AvgIpc) is 2.83. The van der Waals surface area contributed by atoms with Crippen LogP contribution in [-0.4, -0.2) is 29.3 Å². The number of fused-ring (bicyclic) bond motifs is 1. The molecule has 3 N–H and O–H groups in total. The maximum absolute atomic E-state index is 12.2. The third kappa shape index (κ3) is 1.59. The zero-order valence-corrected chi connectivity index (χ0v) is 10.0. The zero-order chi connectivity index (χ0) is 12.0. The summed E-state index contributed by atoms with van der Waals surface area (Å²) in [5, 5.41) is 5.36. The van der Waals surface area contributed by atoms with Gasteiger partial charge in [-0.25, -0.2) is 0 Å². The number of nitrogens with two attached hydrogens (primary N) is 1. The first-order valence-corrected chi connectivity index (χ1v) is 6.48. The number of anilines is 1. The molecule has 0 saturated carbocycles. The van der Waals surface area contributed by atoms with Crippen LogP contribution in [0.4, 0.5) is 5.00 Å². The Labute approximate surface area is 103 Å². The molecule has 0 bridgehead atoms. The minimum atomic E-state index is 0.0501. The normalized spacial score (nSPS) is 23.8. The van der Waals surface area contributed by atoms with E-state index in [0.717, 1.165) is 22.5 Å². The van der Waals surface area contributed by atoms with Crippen molar-refractivity contribution >= 4 is 28.2 Å². The molecule has 1 atom stereocenters. The quantitative estimate of drug-likeness (QED) is 0.766. The van der Waals surface area contributed by atoms with E-state index in [1.807, 2.05) is 10.3 Å². The van der Waals surface area contributed by atoms with Crippen molar-refractivity contribution in [3.63, 3.8) is 0 Å². The summed E-state index contributed by atoms with van der Waals surface area (Å²) < 4.78 is 0. The summed E-state index contributed by atoms with van der Waals surface area (Å²) in [5.41, 5.74) is 7.53. The summed E-state index contributed by atoms with van der Waals surface area (Å²) in [4.78, 5) is 25.1. The lowest BCUT2D eigenvalue weighted by Crippen LogP contribution is -2.48. The predicted octanol–water partition coefficient (Wildman–Crippen LogP) is 0.565. The van der Waals surface area contributed by atoms with E-state index in [-0.39, 0.29) is 17.9 Å². The largest absolute Gasteiger partial charge is 0.390 e. The molecule has 0 unspecified atom stereocenters. The molecule has 2 aliphatic rings. The van der Waals surface area contributed by atoms with Crippen molar-refractivity contribution < 1.29 is 9.59 Å². The molecule has 17 heavy (non-hydrogen) atoms. The third-order valence-electron chi connectivity index (χ3n) is 3.43. The number of amides is 2. The zero-order valence-electron chi connectivity index (χ0n) is 9.23. The summed E-state index contributed by atoms with van der Waals surface area (Å²) in [6.45, 7) is 1.14. The van der Waals surface area contributed by atoms with Crippen molar-refractivity contribution in [2.24, 2.45) is 0 Å². The van der Waals surface area contributed by atoms with Crippen LogP contribution in [0.15, 0.2) is 5.38 Å². The molecule has 6 heteroatoms. The van der Waals surface area contributed by atoms with Crippen LogP contribution in [0, 0.1) is 0 Å². The molecule has 1 aromatic rings. The number of carbonyl (C=O) groups is 2. The van der Waals surface area contributed by atoms with E-state index in [9.17, 15) is 9.59 Å². The van der Waals surface area contributed by atoms with Gasteiger partial charge >= 0.3 is 0 Å². The molecule has 0 spiro atoms. The second kappa shape index (κ2) is 3.73. The maximum Gasteiger partial charge on any atom is 0.255 e. The number of nitrogens with zero attached hydrogens (tertiary/aromatic N) is 1. The molecule has 5 nitrogen and oxygen atoms in total. The first-order chi connectivity index (χ1) is 8.16. The molecule has 3 rings (SSSR count). The summed E-state index contributed by atoms with van der Waals surface area (Å²) in [7, 11) is 0. The van der Waals surface area contributed by atoms with E-state index < -0.39 is 0 Å². The number of rotatable bonds is 1. The van der Waals surface area contributed by atoms with Crippen LogP contribution < -0.4 is 11.1 Å². The number of nitrogen functional groups attached to an aromatic ring is 1. The smallest absolute Gasteiger partial charge is 0.255 e. The van der Waals surface area contributed by atoms with E-state index >= 15 is 0 Å². The Hall–Kier alpha value is -1.56. The molecule has 1 fully saturated rings. The van der Waals surface area contributed by atoms with Crippen molar-refractivity contribution in [1.82, 2.24) is 10.2 Å². The Bertz CT molecular complexity index is 487. The fourth-order valence-corrected chi connectivity index (χ4v) is 3.22. The van der Waals surface area contributed by atoms with Crippen molar-refractivity contribution in [1.29, 1.82) is 0 Å². The van der Waals surface area contributed by atoms with Crippen LogP contribution in [0.25, 0.3) is 0 Å². The number of hydrogen-bond acceptors (Lipinski definition) is 4. The molecule has 0 radical (unpaired) electrons. The Balaban J connectivity index is 1.80. The van der Waals surface area contributed by atoms with Crippen LogP contribution in [0.5, 0.6) is 0 Å². The number of carbonyl (C=O) groups excluding carboxylic acids is 2. The Morgan fingerprint density at radius 1 is 1.47 bits per heavy atom. The fraction of sp³-hybridized carbons (Fsp3) is 0.455. The standard InChI is InChI=1S/C11H13N3O2S/c12-10-7-4-14(11(16)8(7)5-17-10)6-1-2-9(15)13-3-6/h5-6H,1-4,12H2,(H,13,15)/t6-/m0/s1. The van der Waals surface area contributed by atoms with Gasteiger partial charge in [-0.05, 0) is 6.42 Å². The molecule has 3 heterocycles. The highest BCUT2D eigenvalue weighted by molar-refractivity contribution is 7.14. The monoisotopic (exact) mass is 251 g/mol. The highest BCUT2D eigenvalue weighted by Crippen LogP contribution is 2.34. The molecule has 1 aromatic heterocycles. The van der Waals surface area contributed by atoms with E-state index in [1.165, 1.54) is 11.3 Å². The van der Waals surface area contributed by atoms with Crippen LogP contribution in [-0.2, 0) is 11.3 Å². The molecular formula is C11H13N3O2S. The topological polar surface area (TPSA) is 75.4 Å². The minimum Gasteiger partial charge on any atom is -0.390 e. The van der Waals surface area contributed by atoms with Gasteiger partial charge in [-0.1, -0.05) is 0 Å². The van der Waals surface area contributed by atoms with Crippen LogP contribution in [0.1, 0.15) is 28.8 Å². The minimum absolute atomic E-state index is 0.0501. The van der Waals surface area contributed by atoms with Gasteiger partial charge in [-0.2, -0.15) is 0 Å². The maximum atomic E-state index is 12.2. The lowest BCUT2D eigenvalue weighted by molar-refractivity contribution is -0.123. The van der Waals surface area contributed by atoms with Crippen LogP contribution in [0.2, 0.25) is 0 Å². The van der Waals surface area contributed by atoms with Gasteiger partial charge in [0.15, 0.2) is 0 Å². The Kier molecular flexibility index (Phi) is 2.32. The Morgan fingerprint density at radius 3 is 2.94 bits per heavy atom. The first-order valence-electron chi connectivity index (χ1n) is 5.60. The number of hydrogen-bond donors (Lipinski definition) is 2. The van der Waals surface area contributed by atoms with Crippen molar-refractivity contribution in [3.05, 3.63) is 16.5 Å². The molecule has 90 valence electrons. The second-order valence-corrected chi connectivity index (χ2v) is 5.33. The third-order valence-corrected chi connectivity index (χ3v) is 4.28. The SMILES string of the molecule is Nc1scc2c1CN([C@H]1CCC(=O)NC1)C2=O. The number of nitrogens with one attached hydrogen (secondary N) is 1. The highest BCUT2D eigenvalue weighted by Gasteiger charge is 2.36. The van der Waals surface area contributed by atoms with E-state index in [2.05, 4.69) is 5.32 Å². The van der Waals surface area contributed by atoms with Crippen molar-refractivity contribution in [2.75, 3.05) is 12.3 Å². The van der Waals surface area contributed by atoms with Gasteiger partial charge in [0.1, 0.15) is 0 Å². The molecular weight excluding hydrogens is 238 g/mol. The van der Waals surface area contributed by atoms with Crippen LogP contribution in [0.3, 0.4) is 0 Å². The molecule has 1 saturated heterocycles. The van der Waals surface area contributed by atoms with Gasteiger partial charge < -0.3 is 16.0 Å². The number of thiophene rings is 1. The van der Waals surface area contributed by atoms with Gasteiger partial charge in [-0.15, -0.1) is 11.3 Å². The molecule has 0 aliphatic carbocycles. The molecule has 0 aromatic carbocycles. The van der Waals surface area contributed by atoms with Crippen molar-refractivity contribution in [2.45, 2.75) is 25.4 Å². The van der Waals surface area contributed by atoms with Gasteiger partial charge in [0.2, 0.25) is 5.91 Å². The van der Waals surface area contributed by atoms with Crippen LogP contribution >= 0.6 is 11.3 Å². The first kappa shape index (κ1) is 10.6. The summed E-state index contributed by atoms with van der Waals surface area (Å²) >= 11 is 1.42. The highest BCUT2D eigenvalue weighted by atomic mass is 32.1. The lowest BCUT2D eigenvalue weighted by Gasteiger charge is -2.31. The van der Waals surface area contributed by atoms with E-state index in [4.69, 9.17) is 5.73 Å². The fourth-order valence-electron chi connectivity index (χ4n) is 2.42. The Morgan fingerprint density at radius 2 is 2.29 bits per heavy atom. The molecule has 2 aliphatic heterocycles. The summed E-state index contributed by atoms with van der Waals surface area (Å²) in [6.07, 6.45) is 1.24. The summed E-state index contributed by atoms with van der Waals surface area (Å²) in [6, 6.07) is 0.108. The summed E-state index contributed by atoms with van der Waals surface area (Å²) in [5.74, 6) is 0.121. The molecule has 2 amide bonds. The lowest BCUT2D eigenvalue weighted by atomic mass is 10.1. The van der Waals surface area contributed by atoms with Gasteiger partial charge in [-0.3, -0.25) is 9.59 Å². The second-order valence-electron chi connectivity index (χ2n) is 4.42. The number of piperidine rings is 1. The van der Waals surface area contributed by atoms with Gasteiger partial charge in [0.05, 0.1) is 23.2 Å². The van der Waals surface area contributed by atoms with Gasteiger partial charge in [0.25, 0.3) is 5.91 Å². The average molecular weight is 251 g/mol. The van der Waals surface area contributed by atoms with Gasteiger partial charge in [0, 0.05) is 23.9 Å². The van der Waals surface area contributed by atoms with E-state index in [1.54, 1.807) is 0 Å².